The molecule has 0 aliphatic heterocycles. The number of amides is 1. The highest BCUT2D eigenvalue weighted by atomic mass is 35.5. The third kappa shape index (κ3) is 5.47. The molecule has 7 heteroatoms. The fourth-order valence-electron chi connectivity index (χ4n) is 3.29. The van der Waals surface area contributed by atoms with Crippen LogP contribution in [-0.4, -0.2) is 52.9 Å². The van der Waals surface area contributed by atoms with Crippen molar-refractivity contribution in [2.24, 2.45) is 0 Å². The van der Waals surface area contributed by atoms with Crippen LogP contribution < -0.4 is 0 Å². The predicted octanol–water partition coefficient (Wildman–Crippen LogP) is 6.01. The molecule has 1 heterocycles. The van der Waals surface area contributed by atoms with E-state index >= 15 is 0 Å². The second kappa shape index (κ2) is 10.6. The van der Waals surface area contributed by atoms with E-state index < -0.39 is 0 Å². The van der Waals surface area contributed by atoms with Gasteiger partial charge in [0.05, 0.1) is 10.7 Å². The lowest BCUT2D eigenvalue weighted by molar-refractivity contribution is 0.0750. The van der Waals surface area contributed by atoms with Gasteiger partial charge in [0.2, 0.25) is 0 Å². The highest BCUT2D eigenvalue weighted by Crippen LogP contribution is 2.34. The number of halogens is 2. The molecule has 0 radical (unpaired) electrons. The zero-order valence-corrected chi connectivity index (χ0v) is 19.6. The Morgan fingerprint density at radius 1 is 1.18 bits per heavy atom. The second-order valence-corrected chi connectivity index (χ2v) is 8.64. The Balaban J connectivity index is 2.17. The molecule has 1 unspecified atom stereocenters. The third-order valence-corrected chi connectivity index (χ3v) is 6.80. The van der Waals surface area contributed by atoms with Gasteiger partial charge in [0.25, 0.3) is 5.91 Å². The van der Waals surface area contributed by atoms with Gasteiger partial charge in [-0.2, -0.15) is 0 Å². The quantitative estimate of drug-likeness (QED) is 0.477. The fourth-order valence-corrected chi connectivity index (χ4v) is 4.92. The van der Waals surface area contributed by atoms with E-state index in [-0.39, 0.29) is 5.91 Å². The first-order valence-corrected chi connectivity index (χ1v) is 11.4. The summed E-state index contributed by atoms with van der Waals surface area (Å²) in [5, 5.41) is 1.87. The van der Waals surface area contributed by atoms with Crippen LogP contribution in [0.25, 0.3) is 10.6 Å². The number of rotatable bonds is 9. The van der Waals surface area contributed by atoms with E-state index in [0.29, 0.717) is 27.5 Å². The molecule has 0 bridgehead atoms. The van der Waals surface area contributed by atoms with Gasteiger partial charge >= 0.3 is 0 Å². The third-order valence-electron chi connectivity index (χ3n) is 5.07. The highest BCUT2D eigenvalue weighted by molar-refractivity contribution is 7.17. The summed E-state index contributed by atoms with van der Waals surface area (Å²) in [6, 6.07) is 5.78. The van der Waals surface area contributed by atoms with Crippen LogP contribution in [0.5, 0.6) is 0 Å². The zero-order valence-electron chi connectivity index (χ0n) is 17.3. The first kappa shape index (κ1) is 23.1. The van der Waals surface area contributed by atoms with Crippen molar-refractivity contribution in [2.75, 3.05) is 26.2 Å². The maximum absolute atomic E-state index is 13.1. The topological polar surface area (TPSA) is 36.4 Å². The van der Waals surface area contributed by atoms with Gasteiger partial charge < -0.3 is 9.80 Å². The highest BCUT2D eigenvalue weighted by Gasteiger charge is 2.23. The molecule has 0 N–H and O–H groups in total. The minimum Gasteiger partial charge on any atom is -0.338 e. The van der Waals surface area contributed by atoms with Crippen molar-refractivity contribution in [2.45, 2.75) is 47.1 Å². The van der Waals surface area contributed by atoms with Crippen LogP contribution in [0.2, 0.25) is 10.0 Å². The lowest BCUT2D eigenvalue weighted by Gasteiger charge is -2.29. The number of hydrogen-bond donors (Lipinski definition) is 0. The van der Waals surface area contributed by atoms with E-state index in [9.17, 15) is 4.79 Å². The molecule has 28 heavy (non-hydrogen) atoms. The molecule has 0 fully saturated rings. The molecule has 0 saturated heterocycles. The van der Waals surface area contributed by atoms with Crippen molar-refractivity contribution >= 4 is 40.4 Å². The van der Waals surface area contributed by atoms with Gasteiger partial charge in [-0.15, -0.1) is 11.3 Å². The fraction of sp³-hybridized carbons (Fsp3) is 0.524. The Labute approximate surface area is 182 Å². The van der Waals surface area contributed by atoms with Crippen molar-refractivity contribution in [3.05, 3.63) is 38.8 Å². The van der Waals surface area contributed by atoms with E-state index in [0.717, 1.165) is 42.3 Å². The van der Waals surface area contributed by atoms with Gasteiger partial charge in [-0.05, 0) is 58.5 Å². The van der Waals surface area contributed by atoms with Crippen molar-refractivity contribution < 1.29 is 4.79 Å². The van der Waals surface area contributed by atoms with E-state index in [2.05, 4.69) is 30.7 Å². The van der Waals surface area contributed by atoms with Gasteiger partial charge in [0.1, 0.15) is 9.88 Å². The number of benzene rings is 1. The Bertz CT molecular complexity index is 805. The molecule has 1 aromatic heterocycles. The molecule has 2 aromatic rings. The number of nitrogens with zero attached hydrogens (tertiary/aromatic N) is 3. The van der Waals surface area contributed by atoms with Gasteiger partial charge in [0.15, 0.2) is 0 Å². The first-order chi connectivity index (χ1) is 13.3. The predicted molar refractivity (Wildman–Crippen MR) is 121 cm³/mol. The summed E-state index contributed by atoms with van der Waals surface area (Å²) in [6.45, 7) is 13.9. The SMILES string of the molecule is CCN(CCC(C)N(CC)CC)C(=O)c1sc(-c2ccc(Cl)cc2Cl)nc1C. The molecule has 4 nitrogen and oxygen atoms in total. The number of aryl methyl sites for hydroxylation is 1. The van der Waals surface area contributed by atoms with Crippen LogP contribution >= 0.6 is 34.5 Å². The molecular formula is C21H29Cl2N3OS. The normalized spacial score (nSPS) is 12.4. The monoisotopic (exact) mass is 441 g/mol. The molecule has 0 aliphatic carbocycles. The van der Waals surface area contributed by atoms with Crippen LogP contribution in [0.1, 0.15) is 49.5 Å². The maximum atomic E-state index is 13.1. The first-order valence-electron chi connectivity index (χ1n) is 9.78. The number of hydrogen-bond acceptors (Lipinski definition) is 4. The van der Waals surface area contributed by atoms with Crippen molar-refractivity contribution in [3.8, 4) is 10.6 Å². The van der Waals surface area contributed by atoms with Gasteiger partial charge in [-0.25, -0.2) is 4.98 Å². The molecular weight excluding hydrogens is 413 g/mol. The zero-order chi connectivity index (χ0) is 20.8. The lowest BCUT2D eigenvalue weighted by Crippen LogP contribution is -2.38. The van der Waals surface area contributed by atoms with Crippen molar-refractivity contribution in [1.29, 1.82) is 0 Å². The Morgan fingerprint density at radius 2 is 1.86 bits per heavy atom. The summed E-state index contributed by atoms with van der Waals surface area (Å²) in [4.78, 5) is 22.7. The average Bonchev–Trinajstić information content (AvgIpc) is 3.04. The summed E-state index contributed by atoms with van der Waals surface area (Å²) in [5.41, 5.74) is 1.54. The Hall–Kier alpha value is -1.14. The largest absolute Gasteiger partial charge is 0.338 e. The lowest BCUT2D eigenvalue weighted by atomic mass is 10.2. The van der Waals surface area contributed by atoms with Crippen LogP contribution in [-0.2, 0) is 0 Å². The van der Waals surface area contributed by atoms with Crippen molar-refractivity contribution in [1.82, 2.24) is 14.8 Å². The van der Waals surface area contributed by atoms with Crippen LogP contribution in [0.15, 0.2) is 18.2 Å². The van der Waals surface area contributed by atoms with Gasteiger partial charge in [0, 0.05) is 29.7 Å². The van der Waals surface area contributed by atoms with Crippen molar-refractivity contribution in [3.63, 3.8) is 0 Å². The number of carbonyl (C=O) groups excluding carboxylic acids is 1. The number of aromatic nitrogens is 1. The Kier molecular flexibility index (Phi) is 8.75. The Morgan fingerprint density at radius 3 is 2.43 bits per heavy atom. The summed E-state index contributed by atoms with van der Waals surface area (Å²) in [5.74, 6) is 0.0422. The molecule has 2 rings (SSSR count). The van der Waals surface area contributed by atoms with Crippen LogP contribution in [0, 0.1) is 6.92 Å². The molecule has 0 spiro atoms. The van der Waals surface area contributed by atoms with Gasteiger partial charge in [-0.3, -0.25) is 4.79 Å². The molecule has 0 aliphatic rings. The summed E-state index contributed by atoms with van der Waals surface area (Å²) >= 11 is 13.7. The van der Waals surface area contributed by atoms with E-state index in [4.69, 9.17) is 23.2 Å². The second-order valence-electron chi connectivity index (χ2n) is 6.80. The van der Waals surface area contributed by atoms with E-state index in [1.807, 2.05) is 24.8 Å². The minimum absolute atomic E-state index is 0.0422. The summed E-state index contributed by atoms with van der Waals surface area (Å²) in [6.07, 6.45) is 0.953. The standard InChI is InChI=1S/C21H29Cl2N3OS/c1-6-25(7-2)14(4)11-12-26(8-3)21(27)19-15(5)24-20(28-19)17-10-9-16(22)13-18(17)23/h9-10,13-14H,6-8,11-12H2,1-5H3. The van der Waals surface area contributed by atoms with E-state index in [1.54, 1.807) is 12.1 Å². The van der Waals surface area contributed by atoms with E-state index in [1.165, 1.54) is 11.3 Å². The minimum atomic E-state index is 0.0422. The average molecular weight is 442 g/mol. The number of thiazole rings is 1. The maximum Gasteiger partial charge on any atom is 0.265 e. The number of carbonyl (C=O) groups is 1. The van der Waals surface area contributed by atoms with Crippen LogP contribution in [0.3, 0.4) is 0 Å². The molecule has 0 saturated carbocycles. The molecule has 1 atom stereocenters. The molecule has 1 aromatic carbocycles. The molecule has 1 amide bonds. The van der Waals surface area contributed by atoms with Gasteiger partial charge in [-0.1, -0.05) is 37.0 Å². The summed E-state index contributed by atoms with van der Waals surface area (Å²) in [7, 11) is 0. The smallest absolute Gasteiger partial charge is 0.265 e. The summed E-state index contributed by atoms with van der Waals surface area (Å²) < 4.78 is 0. The van der Waals surface area contributed by atoms with Crippen LogP contribution in [0.4, 0.5) is 0 Å². The molecule has 154 valence electrons.